The monoisotopic (exact) mass is 316 g/mol. The first-order chi connectivity index (χ1) is 11.0. The highest BCUT2D eigenvalue weighted by molar-refractivity contribution is 5.27. The lowest BCUT2D eigenvalue weighted by molar-refractivity contribution is 0.0524. The molecule has 0 radical (unpaired) electrons. The Balaban J connectivity index is 1.54. The molecule has 1 aliphatic heterocycles. The molecule has 3 atom stereocenters. The van der Waals surface area contributed by atoms with Crippen LogP contribution >= 0.6 is 0 Å². The van der Waals surface area contributed by atoms with E-state index in [-0.39, 0.29) is 5.41 Å². The second-order valence-corrected chi connectivity index (χ2v) is 8.16. The zero-order chi connectivity index (χ0) is 16.3. The molecule has 2 aliphatic rings. The maximum absolute atomic E-state index is 5.66. The van der Waals surface area contributed by atoms with Crippen molar-refractivity contribution in [1.29, 1.82) is 0 Å². The van der Waals surface area contributed by atoms with Crippen LogP contribution in [0.25, 0.3) is 0 Å². The van der Waals surface area contributed by atoms with Gasteiger partial charge in [-0.05, 0) is 35.3 Å². The SMILES string of the molecule is CC(C)(C)c1ccc(CNC2CCCC2C2COCCN2)cc1. The van der Waals surface area contributed by atoms with Gasteiger partial charge in [-0.1, -0.05) is 51.5 Å². The molecule has 2 N–H and O–H groups in total. The van der Waals surface area contributed by atoms with E-state index in [2.05, 4.69) is 55.7 Å². The summed E-state index contributed by atoms with van der Waals surface area (Å²) < 4.78 is 5.66. The van der Waals surface area contributed by atoms with Crippen LogP contribution in [0.4, 0.5) is 0 Å². The van der Waals surface area contributed by atoms with Crippen LogP contribution in [0.5, 0.6) is 0 Å². The fourth-order valence-electron chi connectivity index (χ4n) is 3.96. The van der Waals surface area contributed by atoms with E-state index in [0.717, 1.165) is 26.3 Å². The van der Waals surface area contributed by atoms with E-state index in [1.807, 2.05) is 0 Å². The lowest BCUT2D eigenvalue weighted by Gasteiger charge is -2.33. The molecule has 128 valence electrons. The molecule has 0 amide bonds. The minimum Gasteiger partial charge on any atom is -0.379 e. The molecule has 0 aromatic heterocycles. The molecule has 2 fully saturated rings. The molecule has 3 nitrogen and oxygen atoms in total. The zero-order valence-corrected chi connectivity index (χ0v) is 14.9. The maximum atomic E-state index is 5.66. The molecule has 23 heavy (non-hydrogen) atoms. The first kappa shape index (κ1) is 16.9. The van der Waals surface area contributed by atoms with Crippen LogP contribution < -0.4 is 10.6 Å². The van der Waals surface area contributed by atoms with Gasteiger partial charge >= 0.3 is 0 Å². The number of benzene rings is 1. The van der Waals surface area contributed by atoms with Gasteiger partial charge in [-0.3, -0.25) is 0 Å². The van der Waals surface area contributed by atoms with Crippen molar-refractivity contribution in [2.75, 3.05) is 19.8 Å². The number of nitrogens with one attached hydrogen (secondary N) is 2. The number of hydrogen-bond donors (Lipinski definition) is 2. The summed E-state index contributed by atoms with van der Waals surface area (Å²) in [6.45, 7) is 10.5. The molecule has 0 bridgehead atoms. The normalized spacial score (nSPS) is 28.9. The number of hydrogen-bond acceptors (Lipinski definition) is 3. The molecule has 3 heteroatoms. The Kier molecular flexibility index (Phi) is 5.40. The van der Waals surface area contributed by atoms with Crippen LogP contribution in [-0.2, 0) is 16.7 Å². The van der Waals surface area contributed by atoms with Crippen LogP contribution in [-0.4, -0.2) is 31.8 Å². The third-order valence-electron chi connectivity index (χ3n) is 5.42. The molecular formula is C20H32N2O. The van der Waals surface area contributed by atoms with Crippen LogP contribution in [0.15, 0.2) is 24.3 Å². The van der Waals surface area contributed by atoms with Crippen LogP contribution in [0.3, 0.4) is 0 Å². The lowest BCUT2D eigenvalue weighted by atomic mass is 9.86. The highest BCUT2D eigenvalue weighted by Gasteiger charge is 2.34. The van der Waals surface area contributed by atoms with Gasteiger partial charge in [-0.15, -0.1) is 0 Å². The van der Waals surface area contributed by atoms with Crippen molar-refractivity contribution in [2.45, 2.75) is 64.1 Å². The Labute approximate surface area is 141 Å². The van der Waals surface area contributed by atoms with Gasteiger partial charge in [0.15, 0.2) is 0 Å². The largest absolute Gasteiger partial charge is 0.379 e. The van der Waals surface area contributed by atoms with Gasteiger partial charge in [-0.2, -0.15) is 0 Å². The van der Waals surface area contributed by atoms with Gasteiger partial charge in [0.05, 0.1) is 13.2 Å². The van der Waals surface area contributed by atoms with Gasteiger partial charge in [0.2, 0.25) is 0 Å². The summed E-state index contributed by atoms with van der Waals surface area (Å²) in [6.07, 6.45) is 3.95. The second kappa shape index (κ2) is 7.33. The van der Waals surface area contributed by atoms with Crippen LogP contribution in [0, 0.1) is 5.92 Å². The Bertz CT molecular complexity index is 485. The summed E-state index contributed by atoms with van der Waals surface area (Å²) in [5.74, 6) is 0.712. The zero-order valence-electron chi connectivity index (χ0n) is 14.9. The Morgan fingerprint density at radius 3 is 2.61 bits per heavy atom. The van der Waals surface area contributed by atoms with Gasteiger partial charge in [0.1, 0.15) is 0 Å². The smallest absolute Gasteiger partial charge is 0.0623 e. The Morgan fingerprint density at radius 1 is 1.17 bits per heavy atom. The van der Waals surface area contributed by atoms with Crippen molar-refractivity contribution < 1.29 is 4.74 Å². The molecule has 3 rings (SSSR count). The van der Waals surface area contributed by atoms with E-state index >= 15 is 0 Å². The lowest BCUT2D eigenvalue weighted by Crippen LogP contribution is -2.50. The maximum Gasteiger partial charge on any atom is 0.0623 e. The molecule has 1 aliphatic carbocycles. The summed E-state index contributed by atoms with van der Waals surface area (Å²) in [6, 6.07) is 10.3. The average molecular weight is 316 g/mol. The third-order valence-corrected chi connectivity index (χ3v) is 5.42. The van der Waals surface area contributed by atoms with Crippen LogP contribution in [0.1, 0.15) is 51.2 Å². The summed E-state index contributed by atoms with van der Waals surface area (Å²) in [7, 11) is 0. The fourth-order valence-corrected chi connectivity index (χ4v) is 3.96. The first-order valence-electron chi connectivity index (χ1n) is 9.18. The van der Waals surface area contributed by atoms with Crippen molar-refractivity contribution in [3.05, 3.63) is 35.4 Å². The van der Waals surface area contributed by atoms with Gasteiger partial charge in [0, 0.05) is 25.2 Å². The minimum atomic E-state index is 0.231. The van der Waals surface area contributed by atoms with Crippen molar-refractivity contribution in [2.24, 2.45) is 5.92 Å². The molecule has 0 spiro atoms. The van der Waals surface area contributed by atoms with Gasteiger partial charge in [-0.25, -0.2) is 0 Å². The van der Waals surface area contributed by atoms with Crippen molar-refractivity contribution in [3.8, 4) is 0 Å². The predicted molar refractivity (Wildman–Crippen MR) is 95.7 cm³/mol. The van der Waals surface area contributed by atoms with Crippen molar-refractivity contribution in [3.63, 3.8) is 0 Å². The molecule has 3 unspecified atom stereocenters. The third kappa shape index (κ3) is 4.34. The highest BCUT2D eigenvalue weighted by atomic mass is 16.5. The number of morpholine rings is 1. The fraction of sp³-hybridized carbons (Fsp3) is 0.700. The van der Waals surface area contributed by atoms with Gasteiger partial charge in [0.25, 0.3) is 0 Å². The second-order valence-electron chi connectivity index (χ2n) is 8.16. The van der Waals surface area contributed by atoms with E-state index < -0.39 is 0 Å². The minimum absolute atomic E-state index is 0.231. The average Bonchev–Trinajstić information content (AvgIpc) is 3.02. The highest BCUT2D eigenvalue weighted by Crippen LogP contribution is 2.30. The van der Waals surface area contributed by atoms with E-state index in [0.29, 0.717) is 18.0 Å². The number of rotatable bonds is 4. The van der Waals surface area contributed by atoms with Crippen LogP contribution in [0.2, 0.25) is 0 Å². The molecule has 1 aromatic rings. The first-order valence-corrected chi connectivity index (χ1v) is 9.18. The molecule has 1 heterocycles. The molecule has 1 saturated carbocycles. The van der Waals surface area contributed by atoms with E-state index in [1.165, 1.54) is 30.4 Å². The van der Waals surface area contributed by atoms with E-state index in [9.17, 15) is 0 Å². The molecule has 1 aromatic carbocycles. The summed E-state index contributed by atoms with van der Waals surface area (Å²) in [5, 5.41) is 7.46. The standard InChI is InChI=1S/C20H32N2O/c1-20(2,3)16-9-7-15(8-10-16)13-22-18-6-4-5-17(18)19-14-23-12-11-21-19/h7-10,17-19,21-22H,4-6,11-14H2,1-3H3. The number of ether oxygens (including phenoxy) is 1. The molecular weight excluding hydrogens is 284 g/mol. The summed E-state index contributed by atoms with van der Waals surface area (Å²) in [4.78, 5) is 0. The van der Waals surface area contributed by atoms with Crippen molar-refractivity contribution in [1.82, 2.24) is 10.6 Å². The van der Waals surface area contributed by atoms with E-state index in [4.69, 9.17) is 4.74 Å². The summed E-state index contributed by atoms with van der Waals surface area (Å²) in [5.41, 5.74) is 3.02. The summed E-state index contributed by atoms with van der Waals surface area (Å²) >= 11 is 0. The van der Waals surface area contributed by atoms with Crippen molar-refractivity contribution >= 4 is 0 Å². The Hall–Kier alpha value is -0.900. The van der Waals surface area contributed by atoms with Gasteiger partial charge < -0.3 is 15.4 Å². The molecule has 1 saturated heterocycles. The predicted octanol–water partition coefficient (Wildman–Crippen LogP) is 3.23. The quantitative estimate of drug-likeness (QED) is 0.895. The van der Waals surface area contributed by atoms with E-state index in [1.54, 1.807) is 0 Å². The topological polar surface area (TPSA) is 33.3 Å². The Morgan fingerprint density at radius 2 is 1.96 bits per heavy atom.